The van der Waals surface area contributed by atoms with Crippen molar-refractivity contribution in [1.82, 2.24) is 14.8 Å². The number of nitrogens with one attached hydrogen (secondary N) is 1. The smallest absolute Gasteiger partial charge is 0.325 e. The maximum Gasteiger partial charge on any atom is 0.325 e. The molecule has 0 saturated carbocycles. The Labute approximate surface area is 199 Å². The number of carbonyl (C=O) groups is 3. The number of ether oxygens (including phenoxy) is 1. The van der Waals surface area contributed by atoms with Crippen LogP contribution in [0.2, 0.25) is 0 Å². The van der Waals surface area contributed by atoms with E-state index in [2.05, 4.69) is 5.32 Å². The van der Waals surface area contributed by atoms with Crippen molar-refractivity contribution in [2.45, 2.75) is 32.4 Å². The second-order valence-electron chi connectivity index (χ2n) is 8.61. The topological polar surface area (TPSA) is 80.6 Å². The number of nitrogens with zero attached hydrogens (tertiary/aromatic N) is 2. The third-order valence-corrected chi connectivity index (χ3v) is 6.45. The van der Waals surface area contributed by atoms with Gasteiger partial charge in [-0.15, -0.1) is 0 Å². The molecule has 4 rings (SSSR count). The molecule has 1 atom stereocenters. The second-order valence-corrected chi connectivity index (χ2v) is 8.61. The molecule has 1 N–H and O–H groups in total. The van der Waals surface area contributed by atoms with Gasteiger partial charge >= 0.3 is 6.03 Å². The lowest BCUT2D eigenvalue weighted by atomic mass is 9.83. The summed E-state index contributed by atoms with van der Waals surface area (Å²) in [6.45, 7) is 4.62. The summed E-state index contributed by atoms with van der Waals surface area (Å²) in [6, 6.07) is 20.0. The third kappa shape index (κ3) is 4.26. The Bertz CT molecular complexity index is 1200. The molecular weight excluding hydrogens is 430 g/mol. The minimum Gasteiger partial charge on any atom is -0.383 e. The maximum absolute atomic E-state index is 13.8. The second kappa shape index (κ2) is 9.65. The first kappa shape index (κ1) is 23.4. The maximum atomic E-state index is 13.8. The van der Waals surface area contributed by atoms with Crippen LogP contribution in [-0.4, -0.2) is 47.4 Å². The summed E-state index contributed by atoms with van der Waals surface area (Å²) < 4.78 is 7.17. The highest BCUT2D eigenvalue weighted by Crippen LogP contribution is 2.33. The Hall–Kier alpha value is -3.71. The fraction of sp³-hybridized carbons (Fsp3) is 0.296. The van der Waals surface area contributed by atoms with E-state index < -0.39 is 17.5 Å². The zero-order valence-corrected chi connectivity index (χ0v) is 19.7. The lowest BCUT2D eigenvalue weighted by molar-refractivity contribution is -0.131. The zero-order valence-electron chi connectivity index (χ0n) is 19.7. The molecular formula is C27H29N3O4. The van der Waals surface area contributed by atoms with Gasteiger partial charge in [0.25, 0.3) is 5.91 Å². The Balaban J connectivity index is 1.64. The summed E-state index contributed by atoms with van der Waals surface area (Å²) in [4.78, 5) is 41.1. The molecule has 1 aliphatic rings. The van der Waals surface area contributed by atoms with E-state index in [1.54, 1.807) is 13.2 Å². The van der Waals surface area contributed by atoms with Gasteiger partial charge in [-0.25, -0.2) is 4.79 Å². The minimum atomic E-state index is -1.27. The van der Waals surface area contributed by atoms with Crippen LogP contribution in [-0.2, 0) is 28.0 Å². The SMILES string of the molecule is COCCn1c(C)cc(C(=O)CN2C(=O)N[C@](Cc3ccccc3)(c3ccccc3)C2=O)c1C. The summed E-state index contributed by atoms with van der Waals surface area (Å²) in [5.41, 5.74) is 2.56. The number of aryl methyl sites for hydroxylation is 1. The number of imide groups is 1. The van der Waals surface area contributed by atoms with Crippen molar-refractivity contribution in [2.75, 3.05) is 20.3 Å². The van der Waals surface area contributed by atoms with Crippen molar-refractivity contribution in [3.63, 3.8) is 0 Å². The number of hydrogen-bond donors (Lipinski definition) is 1. The summed E-state index contributed by atoms with van der Waals surface area (Å²) in [6.07, 6.45) is 0.290. The Morgan fingerprint density at radius 2 is 1.65 bits per heavy atom. The van der Waals surface area contributed by atoms with E-state index in [0.29, 0.717) is 30.7 Å². The number of ketones is 1. The highest BCUT2D eigenvalue weighted by atomic mass is 16.5. The first-order valence-corrected chi connectivity index (χ1v) is 11.3. The van der Waals surface area contributed by atoms with Crippen molar-refractivity contribution in [3.05, 3.63) is 94.8 Å². The highest BCUT2D eigenvalue weighted by Gasteiger charge is 2.52. The van der Waals surface area contributed by atoms with Crippen LogP contribution in [0.3, 0.4) is 0 Å². The summed E-state index contributed by atoms with van der Waals surface area (Å²) in [7, 11) is 1.63. The lowest BCUT2D eigenvalue weighted by Gasteiger charge is -2.27. The third-order valence-electron chi connectivity index (χ3n) is 6.45. The molecule has 1 aliphatic heterocycles. The Kier molecular flexibility index (Phi) is 6.65. The van der Waals surface area contributed by atoms with E-state index in [1.807, 2.05) is 79.1 Å². The number of aromatic nitrogens is 1. The van der Waals surface area contributed by atoms with Gasteiger partial charge in [0.1, 0.15) is 0 Å². The predicted octanol–water partition coefficient (Wildman–Crippen LogP) is 3.62. The van der Waals surface area contributed by atoms with Crippen LogP contribution in [0.25, 0.3) is 0 Å². The zero-order chi connectivity index (χ0) is 24.3. The molecule has 176 valence electrons. The molecule has 0 radical (unpaired) electrons. The Morgan fingerprint density at radius 3 is 2.29 bits per heavy atom. The minimum absolute atomic E-state index is 0.274. The number of rotatable bonds is 9. The molecule has 0 bridgehead atoms. The summed E-state index contributed by atoms with van der Waals surface area (Å²) in [5, 5.41) is 2.91. The van der Waals surface area contributed by atoms with Gasteiger partial charge in [0.15, 0.2) is 11.3 Å². The van der Waals surface area contributed by atoms with Crippen LogP contribution in [0.15, 0.2) is 66.7 Å². The average molecular weight is 460 g/mol. The molecule has 34 heavy (non-hydrogen) atoms. The van der Waals surface area contributed by atoms with Crippen molar-refractivity contribution in [2.24, 2.45) is 0 Å². The number of benzene rings is 2. The van der Waals surface area contributed by atoms with Crippen LogP contribution in [0.1, 0.15) is 32.9 Å². The largest absolute Gasteiger partial charge is 0.383 e. The molecule has 3 amide bonds. The highest BCUT2D eigenvalue weighted by molar-refractivity contribution is 6.11. The van der Waals surface area contributed by atoms with Gasteiger partial charge in [-0.1, -0.05) is 60.7 Å². The molecule has 1 fully saturated rings. The number of Topliss-reactive ketones (excluding diaryl/α,β-unsaturated/α-hetero) is 1. The van der Waals surface area contributed by atoms with Crippen molar-refractivity contribution < 1.29 is 19.1 Å². The van der Waals surface area contributed by atoms with Gasteiger partial charge in [0.05, 0.1) is 13.2 Å². The summed E-state index contributed by atoms with van der Waals surface area (Å²) >= 11 is 0. The van der Waals surface area contributed by atoms with Crippen LogP contribution < -0.4 is 5.32 Å². The number of carbonyl (C=O) groups excluding carboxylic acids is 3. The first-order valence-electron chi connectivity index (χ1n) is 11.3. The molecule has 0 aliphatic carbocycles. The normalized spacial score (nSPS) is 17.8. The average Bonchev–Trinajstić information content (AvgIpc) is 3.26. The molecule has 3 aromatic rings. The van der Waals surface area contributed by atoms with Gasteiger partial charge in [-0.2, -0.15) is 0 Å². The van der Waals surface area contributed by atoms with Crippen molar-refractivity contribution in [1.29, 1.82) is 0 Å². The van der Waals surface area contributed by atoms with Crippen LogP contribution in [0.4, 0.5) is 4.79 Å². The standard InChI is InChI=1S/C27H29N3O4/c1-19-16-23(20(2)29(19)14-15-34-3)24(31)18-30-25(32)27(28-26(30)33,22-12-8-5-9-13-22)17-21-10-6-4-7-11-21/h4-13,16H,14-15,17-18H2,1-3H3,(H,28,33)/t27-/m1/s1. The van der Waals surface area contributed by atoms with Gasteiger partial charge < -0.3 is 14.6 Å². The van der Waals surface area contributed by atoms with E-state index >= 15 is 0 Å². The monoisotopic (exact) mass is 459 g/mol. The predicted molar refractivity (Wildman–Crippen MR) is 129 cm³/mol. The fourth-order valence-electron chi connectivity index (χ4n) is 4.65. The van der Waals surface area contributed by atoms with E-state index in [4.69, 9.17) is 4.74 Å². The first-order chi connectivity index (χ1) is 16.4. The molecule has 2 aromatic carbocycles. The molecule has 0 unspecified atom stereocenters. The van der Waals surface area contributed by atoms with E-state index in [9.17, 15) is 14.4 Å². The van der Waals surface area contributed by atoms with Gasteiger partial charge in [0, 0.05) is 37.0 Å². The van der Waals surface area contributed by atoms with Gasteiger partial charge in [-0.05, 0) is 31.0 Å². The fourth-order valence-corrected chi connectivity index (χ4v) is 4.65. The van der Waals surface area contributed by atoms with Crippen LogP contribution in [0.5, 0.6) is 0 Å². The Morgan fingerprint density at radius 1 is 1.00 bits per heavy atom. The van der Waals surface area contributed by atoms with Crippen LogP contribution >= 0.6 is 0 Å². The van der Waals surface area contributed by atoms with Gasteiger partial charge in [0.2, 0.25) is 0 Å². The molecule has 7 nitrogen and oxygen atoms in total. The molecule has 7 heteroatoms. The number of urea groups is 1. The summed E-state index contributed by atoms with van der Waals surface area (Å²) in [5.74, 6) is -0.696. The van der Waals surface area contributed by atoms with Gasteiger partial charge in [-0.3, -0.25) is 14.5 Å². The van der Waals surface area contributed by atoms with E-state index in [0.717, 1.165) is 21.9 Å². The molecule has 1 aromatic heterocycles. The number of hydrogen-bond acceptors (Lipinski definition) is 4. The molecule has 2 heterocycles. The quantitative estimate of drug-likeness (QED) is 0.392. The molecule has 0 spiro atoms. The molecule has 1 saturated heterocycles. The van der Waals surface area contributed by atoms with E-state index in [-0.39, 0.29) is 12.3 Å². The van der Waals surface area contributed by atoms with E-state index in [1.165, 1.54) is 0 Å². The number of amides is 3. The lowest BCUT2D eigenvalue weighted by Crippen LogP contribution is -2.46. The van der Waals surface area contributed by atoms with Crippen LogP contribution in [0, 0.1) is 13.8 Å². The van der Waals surface area contributed by atoms with Crippen molar-refractivity contribution in [3.8, 4) is 0 Å². The number of methoxy groups -OCH3 is 1. The van der Waals surface area contributed by atoms with Crippen molar-refractivity contribution >= 4 is 17.7 Å².